The Morgan fingerprint density at radius 3 is 2.31 bits per heavy atom. The molecule has 1 aromatic carbocycles. The second-order valence-electron chi connectivity index (χ2n) is 3.41. The largest absolute Gasteiger partial charge is 0.481 e. The Labute approximate surface area is 92.6 Å². The Morgan fingerprint density at radius 2 is 1.88 bits per heavy atom. The average molecular weight is 246 g/mol. The van der Waals surface area contributed by atoms with Crippen molar-refractivity contribution in [2.45, 2.75) is 23.5 Å². The molecule has 1 atom stereocenters. The summed E-state index contributed by atoms with van der Waals surface area (Å²) in [5, 5.41) is 7.48. The maximum absolute atomic E-state index is 12.6. The molecule has 0 spiro atoms. The monoisotopic (exact) mass is 246 g/mol. The predicted molar refractivity (Wildman–Crippen MR) is 55.3 cm³/mol. The van der Waals surface area contributed by atoms with Crippen LogP contribution < -0.4 is 0 Å². The molecular weight excluding hydrogens is 235 g/mol. The van der Waals surface area contributed by atoms with E-state index in [1.165, 1.54) is 6.92 Å². The Balaban J connectivity index is 3.02. The molecule has 0 heterocycles. The Morgan fingerprint density at radius 1 is 1.38 bits per heavy atom. The van der Waals surface area contributed by atoms with Crippen LogP contribution in [0.5, 0.6) is 0 Å². The SMILES string of the molecule is C[C@@H](CC(=O)O)S(=O)(=O)c1ccc(F)cc1. The molecule has 4 nitrogen and oxygen atoms in total. The van der Waals surface area contributed by atoms with Crippen LogP contribution in [0, 0.1) is 5.82 Å². The first-order valence-electron chi connectivity index (χ1n) is 4.55. The van der Waals surface area contributed by atoms with Gasteiger partial charge in [0.25, 0.3) is 0 Å². The van der Waals surface area contributed by atoms with Gasteiger partial charge in [-0.2, -0.15) is 0 Å². The van der Waals surface area contributed by atoms with Crippen LogP contribution in [0.25, 0.3) is 0 Å². The van der Waals surface area contributed by atoms with E-state index in [1.807, 2.05) is 0 Å². The molecule has 0 bridgehead atoms. The van der Waals surface area contributed by atoms with Crippen molar-refractivity contribution in [1.82, 2.24) is 0 Å². The van der Waals surface area contributed by atoms with E-state index in [-0.39, 0.29) is 4.90 Å². The van der Waals surface area contributed by atoms with Gasteiger partial charge < -0.3 is 5.11 Å². The quantitative estimate of drug-likeness (QED) is 0.816. The Hall–Kier alpha value is -1.43. The van der Waals surface area contributed by atoms with Crippen molar-refractivity contribution < 1.29 is 22.7 Å². The molecule has 88 valence electrons. The molecule has 0 saturated carbocycles. The number of rotatable bonds is 4. The first-order chi connectivity index (χ1) is 7.34. The molecule has 16 heavy (non-hydrogen) atoms. The summed E-state index contributed by atoms with van der Waals surface area (Å²) in [5.74, 6) is -1.72. The van der Waals surface area contributed by atoms with Gasteiger partial charge >= 0.3 is 5.97 Å². The molecule has 0 aliphatic carbocycles. The minimum atomic E-state index is -3.70. The van der Waals surface area contributed by atoms with Crippen LogP contribution in [0.3, 0.4) is 0 Å². The number of sulfone groups is 1. The van der Waals surface area contributed by atoms with Crippen molar-refractivity contribution in [1.29, 1.82) is 0 Å². The summed E-state index contributed by atoms with van der Waals surface area (Å²) < 4.78 is 36.2. The highest BCUT2D eigenvalue weighted by Crippen LogP contribution is 2.18. The standard InChI is InChI=1S/C10H11FO4S/c1-7(6-10(12)13)16(14,15)9-4-2-8(11)3-5-9/h2-5,7H,6H2,1H3,(H,12,13)/t7-/m0/s1. The fourth-order valence-electron chi connectivity index (χ4n) is 1.21. The molecule has 0 unspecified atom stereocenters. The lowest BCUT2D eigenvalue weighted by Gasteiger charge is -2.10. The van der Waals surface area contributed by atoms with Gasteiger partial charge in [-0.1, -0.05) is 0 Å². The van der Waals surface area contributed by atoms with Crippen LogP contribution in [0.2, 0.25) is 0 Å². The summed E-state index contributed by atoms with van der Waals surface area (Å²) in [4.78, 5) is 10.4. The highest BCUT2D eigenvalue weighted by molar-refractivity contribution is 7.92. The molecule has 0 radical (unpaired) electrons. The molecule has 0 amide bonds. The highest BCUT2D eigenvalue weighted by atomic mass is 32.2. The molecule has 1 aromatic rings. The Bertz CT molecular complexity index is 478. The number of hydrogen-bond acceptors (Lipinski definition) is 3. The van der Waals surface area contributed by atoms with Crippen molar-refractivity contribution in [2.24, 2.45) is 0 Å². The van der Waals surface area contributed by atoms with Gasteiger partial charge in [0.2, 0.25) is 0 Å². The summed E-state index contributed by atoms with van der Waals surface area (Å²) in [7, 11) is -3.70. The number of aliphatic carboxylic acids is 1. The minimum absolute atomic E-state index is 0.0670. The second-order valence-corrected chi connectivity index (χ2v) is 5.77. The molecule has 0 aromatic heterocycles. The van der Waals surface area contributed by atoms with Crippen LogP contribution in [-0.4, -0.2) is 24.7 Å². The summed E-state index contributed by atoms with van der Waals surface area (Å²) in [6.07, 6.45) is -0.473. The third-order valence-corrected chi connectivity index (χ3v) is 4.29. The smallest absolute Gasteiger partial charge is 0.304 e. The topological polar surface area (TPSA) is 71.4 Å². The number of carbonyl (C=O) groups is 1. The van der Waals surface area contributed by atoms with E-state index < -0.39 is 33.3 Å². The summed E-state index contributed by atoms with van der Waals surface area (Å²) in [6.45, 7) is 1.31. The van der Waals surface area contributed by atoms with E-state index in [0.29, 0.717) is 0 Å². The zero-order chi connectivity index (χ0) is 12.3. The molecule has 0 fully saturated rings. The van der Waals surface area contributed by atoms with Crippen molar-refractivity contribution in [2.75, 3.05) is 0 Å². The van der Waals surface area contributed by atoms with E-state index in [4.69, 9.17) is 5.11 Å². The lowest BCUT2D eigenvalue weighted by atomic mass is 10.3. The zero-order valence-corrected chi connectivity index (χ0v) is 9.37. The molecule has 6 heteroatoms. The van der Waals surface area contributed by atoms with Gasteiger partial charge in [-0.3, -0.25) is 4.79 Å². The van der Waals surface area contributed by atoms with Gasteiger partial charge in [-0.15, -0.1) is 0 Å². The maximum atomic E-state index is 12.6. The number of halogens is 1. The van der Waals surface area contributed by atoms with E-state index in [9.17, 15) is 17.6 Å². The second kappa shape index (κ2) is 4.61. The van der Waals surface area contributed by atoms with Gasteiger partial charge in [-0.25, -0.2) is 12.8 Å². The van der Waals surface area contributed by atoms with Crippen molar-refractivity contribution in [3.05, 3.63) is 30.1 Å². The summed E-state index contributed by atoms with van der Waals surface area (Å²) in [5.41, 5.74) is 0. The summed E-state index contributed by atoms with van der Waals surface area (Å²) in [6, 6.07) is 4.31. The predicted octanol–water partition coefficient (Wildman–Crippen LogP) is 1.46. The van der Waals surface area contributed by atoms with Gasteiger partial charge in [0.15, 0.2) is 9.84 Å². The van der Waals surface area contributed by atoms with Crippen LogP contribution in [0.4, 0.5) is 4.39 Å². The van der Waals surface area contributed by atoms with E-state index in [1.54, 1.807) is 0 Å². The average Bonchev–Trinajstić information content (AvgIpc) is 2.17. The maximum Gasteiger partial charge on any atom is 0.304 e. The highest BCUT2D eigenvalue weighted by Gasteiger charge is 2.25. The summed E-state index contributed by atoms with van der Waals surface area (Å²) >= 11 is 0. The van der Waals surface area contributed by atoms with E-state index in [0.717, 1.165) is 24.3 Å². The normalized spacial score (nSPS) is 13.4. The molecule has 0 aliphatic rings. The van der Waals surface area contributed by atoms with Crippen LogP contribution >= 0.6 is 0 Å². The van der Waals surface area contributed by atoms with Crippen molar-refractivity contribution in [3.8, 4) is 0 Å². The van der Waals surface area contributed by atoms with Crippen molar-refractivity contribution >= 4 is 15.8 Å². The van der Waals surface area contributed by atoms with Crippen LogP contribution in [-0.2, 0) is 14.6 Å². The van der Waals surface area contributed by atoms with Crippen LogP contribution in [0.1, 0.15) is 13.3 Å². The molecule has 0 aliphatic heterocycles. The third kappa shape index (κ3) is 2.79. The number of hydrogen-bond donors (Lipinski definition) is 1. The first kappa shape index (κ1) is 12.6. The molecular formula is C10H11FO4S. The lowest BCUT2D eigenvalue weighted by molar-refractivity contribution is -0.136. The minimum Gasteiger partial charge on any atom is -0.481 e. The van der Waals surface area contributed by atoms with E-state index >= 15 is 0 Å². The zero-order valence-electron chi connectivity index (χ0n) is 8.55. The molecule has 1 rings (SSSR count). The lowest BCUT2D eigenvalue weighted by Crippen LogP contribution is -2.21. The van der Waals surface area contributed by atoms with Gasteiger partial charge in [0.1, 0.15) is 5.82 Å². The molecule has 0 saturated heterocycles. The Kier molecular flexibility index (Phi) is 3.64. The molecule has 1 N–H and O–H groups in total. The first-order valence-corrected chi connectivity index (χ1v) is 6.10. The van der Waals surface area contributed by atoms with Crippen molar-refractivity contribution in [3.63, 3.8) is 0 Å². The number of benzene rings is 1. The van der Waals surface area contributed by atoms with E-state index in [2.05, 4.69) is 0 Å². The van der Waals surface area contributed by atoms with Crippen LogP contribution in [0.15, 0.2) is 29.2 Å². The van der Waals surface area contributed by atoms with Gasteiger partial charge in [0.05, 0.1) is 16.6 Å². The fraction of sp³-hybridized carbons (Fsp3) is 0.300. The fourth-order valence-corrected chi connectivity index (χ4v) is 2.55. The number of carboxylic acids is 1. The van der Waals surface area contributed by atoms with Gasteiger partial charge in [0, 0.05) is 0 Å². The van der Waals surface area contributed by atoms with Gasteiger partial charge in [-0.05, 0) is 31.2 Å². The number of carboxylic acid groups (broad SMARTS) is 1. The third-order valence-electron chi connectivity index (χ3n) is 2.13.